The number of aromatic nitrogens is 4. The molecule has 46 heavy (non-hydrogen) atoms. The molecule has 0 saturated carbocycles. The molecule has 0 N–H and O–H groups in total. The predicted octanol–water partition coefficient (Wildman–Crippen LogP) is 9.79. The van der Waals surface area contributed by atoms with Crippen LogP contribution in [0.25, 0.3) is 72.2 Å². The summed E-state index contributed by atoms with van der Waals surface area (Å²) in [6.07, 6.45) is 1.79. The minimum Gasteiger partial charge on any atom is -0.500 e. The summed E-state index contributed by atoms with van der Waals surface area (Å²) in [6, 6.07) is 51.2. The van der Waals surface area contributed by atoms with E-state index >= 15 is 0 Å². The third-order valence-electron chi connectivity index (χ3n) is 7.87. The molecule has 9 aromatic rings. The number of fused-ring (bicyclic) bond motifs is 6. The van der Waals surface area contributed by atoms with Crippen LogP contribution in [0.2, 0.25) is 0 Å². The fourth-order valence-electron chi connectivity index (χ4n) is 5.77. The van der Waals surface area contributed by atoms with Gasteiger partial charge in [0.05, 0.1) is 16.9 Å². The second-order valence-corrected chi connectivity index (χ2v) is 10.8. The van der Waals surface area contributed by atoms with Gasteiger partial charge in [-0.1, -0.05) is 77.7 Å². The number of hydrogen-bond acceptors (Lipinski definition) is 4. The number of nitrogens with zero attached hydrogens (tertiary/aromatic N) is 4. The fraction of sp³-hybridized carbons (Fsp3) is 0.0250. The SMILES string of the molecule is Cc1ccc2c(n1)nc(-c1[c-]ccc3c1oc1c4ccccc4ccc31)n2-c1ccccc1.[Ir].[c-]1ccccc1-c1ccccn1. The zero-order chi connectivity index (χ0) is 30.2. The second kappa shape index (κ2) is 12.5. The van der Waals surface area contributed by atoms with E-state index in [1.807, 2.05) is 91.9 Å². The summed E-state index contributed by atoms with van der Waals surface area (Å²) in [5, 5.41) is 4.41. The van der Waals surface area contributed by atoms with Gasteiger partial charge in [0.2, 0.25) is 0 Å². The molecule has 0 bridgehead atoms. The molecule has 0 unspecified atom stereocenters. The first-order chi connectivity index (χ1) is 22.2. The van der Waals surface area contributed by atoms with Gasteiger partial charge in [-0.25, -0.2) is 4.98 Å². The Balaban J connectivity index is 0.000000220. The summed E-state index contributed by atoms with van der Waals surface area (Å²) >= 11 is 0. The van der Waals surface area contributed by atoms with Gasteiger partial charge in [-0.3, -0.25) is 4.98 Å². The molecule has 0 aliphatic rings. The van der Waals surface area contributed by atoms with Gasteiger partial charge in [0.1, 0.15) is 5.58 Å². The number of benzene rings is 5. The van der Waals surface area contributed by atoms with Crippen molar-refractivity contribution in [1.82, 2.24) is 19.5 Å². The van der Waals surface area contributed by atoms with Crippen LogP contribution >= 0.6 is 0 Å². The fourth-order valence-corrected chi connectivity index (χ4v) is 5.77. The molecule has 5 nitrogen and oxygen atoms in total. The maximum absolute atomic E-state index is 6.56. The number of aryl methyl sites for hydroxylation is 1. The number of hydrogen-bond donors (Lipinski definition) is 0. The van der Waals surface area contributed by atoms with E-state index in [9.17, 15) is 0 Å². The van der Waals surface area contributed by atoms with Crippen LogP contribution in [0.15, 0.2) is 144 Å². The van der Waals surface area contributed by atoms with Crippen molar-refractivity contribution in [2.75, 3.05) is 0 Å². The summed E-state index contributed by atoms with van der Waals surface area (Å²) in [5.41, 5.74) is 8.13. The van der Waals surface area contributed by atoms with Crippen molar-refractivity contribution in [2.24, 2.45) is 0 Å². The van der Waals surface area contributed by atoms with E-state index in [0.717, 1.165) is 72.3 Å². The molecule has 4 aromatic heterocycles. The maximum Gasteiger partial charge on any atom is 0.168 e. The average Bonchev–Trinajstić information content (AvgIpc) is 3.68. The van der Waals surface area contributed by atoms with Crippen LogP contribution in [0.3, 0.4) is 0 Å². The van der Waals surface area contributed by atoms with E-state index in [1.165, 1.54) is 0 Å². The van der Waals surface area contributed by atoms with Gasteiger partial charge in [0.15, 0.2) is 5.65 Å². The third kappa shape index (κ3) is 5.28. The summed E-state index contributed by atoms with van der Waals surface area (Å²) in [4.78, 5) is 13.9. The first kappa shape index (κ1) is 29.3. The van der Waals surface area contributed by atoms with Crippen molar-refractivity contribution < 1.29 is 24.5 Å². The van der Waals surface area contributed by atoms with E-state index in [1.54, 1.807) is 6.20 Å². The van der Waals surface area contributed by atoms with Crippen molar-refractivity contribution in [1.29, 1.82) is 0 Å². The maximum atomic E-state index is 6.56. The first-order valence-corrected chi connectivity index (χ1v) is 14.8. The zero-order valence-corrected chi connectivity index (χ0v) is 27.2. The third-order valence-corrected chi connectivity index (χ3v) is 7.87. The summed E-state index contributed by atoms with van der Waals surface area (Å²) in [6.45, 7) is 1.98. The standard InChI is InChI=1S/C29H18N3O.C11H8N.Ir/c1-18-14-17-25-28(30-18)31-29(32(25)20-9-3-2-4-10-20)24-13-7-12-22-23-16-15-19-8-5-6-11-21(19)26(23)33-27(22)24;1-2-6-10(7-3-1)11-8-4-5-9-12-11;/h2-12,14-17H,1H3;1-6,8-9H;/q2*-1;. The molecule has 0 aliphatic carbocycles. The number of imidazole rings is 1. The van der Waals surface area contributed by atoms with Crippen molar-refractivity contribution in [2.45, 2.75) is 6.92 Å². The smallest absolute Gasteiger partial charge is 0.168 e. The number of rotatable bonds is 3. The molecule has 0 amide bonds. The minimum atomic E-state index is 0. The van der Waals surface area contributed by atoms with E-state index in [-0.39, 0.29) is 20.1 Å². The van der Waals surface area contributed by atoms with Gasteiger partial charge >= 0.3 is 0 Å². The summed E-state index contributed by atoms with van der Waals surface area (Å²) < 4.78 is 8.69. The Morgan fingerprint density at radius 2 is 1.43 bits per heavy atom. The van der Waals surface area contributed by atoms with Crippen LogP contribution in [-0.2, 0) is 20.1 Å². The van der Waals surface area contributed by atoms with Crippen molar-refractivity contribution in [3.05, 3.63) is 157 Å². The monoisotopic (exact) mass is 771 g/mol. The molecular weight excluding hydrogens is 745 g/mol. The van der Waals surface area contributed by atoms with Crippen LogP contribution in [0.5, 0.6) is 0 Å². The van der Waals surface area contributed by atoms with Gasteiger partial charge in [0, 0.05) is 48.5 Å². The molecule has 0 saturated heterocycles. The van der Waals surface area contributed by atoms with Gasteiger partial charge in [-0.05, 0) is 48.3 Å². The molecule has 5 aromatic carbocycles. The summed E-state index contributed by atoms with van der Waals surface area (Å²) in [5.74, 6) is 0.767. The Hall–Kier alpha value is -5.42. The van der Waals surface area contributed by atoms with E-state index < -0.39 is 0 Å². The minimum absolute atomic E-state index is 0. The molecule has 223 valence electrons. The van der Waals surface area contributed by atoms with Crippen molar-refractivity contribution >= 4 is 43.9 Å². The molecule has 0 atom stereocenters. The molecular formula is C40H26IrN4O-2. The van der Waals surface area contributed by atoms with Crippen LogP contribution in [0, 0.1) is 19.1 Å². The first-order valence-electron chi connectivity index (χ1n) is 14.8. The quantitative estimate of drug-likeness (QED) is 0.168. The van der Waals surface area contributed by atoms with Crippen LogP contribution in [-0.4, -0.2) is 19.5 Å². The molecule has 0 aliphatic heterocycles. The predicted molar refractivity (Wildman–Crippen MR) is 181 cm³/mol. The topological polar surface area (TPSA) is 56.7 Å². The van der Waals surface area contributed by atoms with Gasteiger partial charge in [-0.2, -0.15) is 0 Å². The molecule has 1 radical (unpaired) electrons. The molecule has 4 heterocycles. The van der Waals surface area contributed by atoms with Crippen molar-refractivity contribution in [3.63, 3.8) is 0 Å². The Kier molecular flexibility index (Phi) is 7.98. The Labute approximate surface area is 279 Å². The van der Waals surface area contributed by atoms with Crippen molar-refractivity contribution in [3.8, 4) is 28.3 Å². The Bertz CT molecular complexity index is 2400. The van der Waals surface area contributed by atoms with Crippen LogP contribution in [0.1, 0.15) is 5.69 Å². The normalized spacial score (nSPS) is 11.0. The Morgan fingerprint density at radius 3 is 2.26 bits per heavy atom. The average molecular weight is 771 g/mol. The Morgan fingerprint density at radius 1 is 0.630 bits per heavy atom. The molecule has 0 spiro atoms. The van der Waals surface area contributed by atoms with Crippen LogP contribution in [0.4, 0.5) is 0 Å². The number of para-hydroxylation sites is 1. The zero-order valence-electron chi connectivity index (χ0n) is 24.8. The van der Waals surface area contributed by atoms with Crippen LogP contribution < -0.4 is 0 Å². The van der Waals surface area contributed by atoms with Gasteiger partial charge in [0.25, 0.3) is 0 Å². The number of pyridine rings is 2. The largest absolute Gasteiger partial charge is 0.500 e. The van der Waals surface area contributed by atoms with Gasteiger partial charge in [-0.15, -0.1) is 54.1 Å². The molecule has 9 rings (SSSR count). The van der Waals surface area contributed by atoms with E-state index in [2.05, 4.69) is 70.2 Å². The van der Waals surface area contributed by atoms with E-state index in [0.29, 0.717) is 5.65 Å². The number of furan rings is 1. The summed E-state index contributed by atoms with van der Waals surface area (Å²) in [7, 11) is 0. The molecule has 0 fully saturated rings. The second-order valence-electron chi connectivity index (χ2n) is 10.8. The molecule has 6 heteroatoms. The van der Waals surface area contributed by atoms with E-state index in [4.69, 9.17) is 14.4 Å². The van der Waals surface area contributed by atoms with Gasteiger partial charge < -0.3 is 14.0 Å².